The first-order valence-corrected chi connectivity index (χ1v) is 7.53. The van der Waals surface area contributed by atoms with Crippen LogP contribution in [0.1, 0.15) is 23.7 Å². The minimum Gasteiger partial charge on any atom is -0.478 e. The molecule has 0 fully saturated rings. The van der Waals surface area contributed by atoms with Gasteiger partial charge in [0.1, 0.15) is 0 Å². The minimum absolute atomic E-state index is 0.000235. The number of amides is 3. The SMILES string of the molecule is CCCNC(=O)NC(=O)CSc1ccc(Cl)c(C(=O)O)c1. The molecule has 0 bridgehead atoms. The van der Waals surface area contributed by atoms with Crippen molar-refractivity contribution in [3.8, 4) is 0 Å². The Morgan fingerprint density at radius 2 is 2.05 bits per heavy atom. The van der Waals surface area contributed by atoms with E-state index in [0.717, 1.165) is 18.2 Å². The van der Waals surface area contributed by atoms with Gasteiger partial charge >= 0.3 is 12.0 Å². The summed E-state index contributed by atoms with van der Waals surface area (Å²) in [5.74, 6) is -1.59. The first-order chi connectivity index (χ1) is 9.93. The van der Waals surface area contributed by atoms with Crippen LogP contribution in [-0.2, 0) is 4.79 Å². The number of carbonyl (C=O) groups excluding carboxylic acids is 2. The van der Waals surface area contributed by atoms with Gasteiger partial charge in [-0.15, -0.1) is 11.8 Å². The predicted octanol–water partition coefficient (Wildman–Crippen LogP) is 2.37. The van der Waals surface area contributed by atoms with Gasteiger partial charge in [-0.1, -0.05) is 18.5 Å². The maximum absolute atomic E-state index is 11.5. The zero-order valence-corrected chi connectivity index (χ0v) is 12.9. The maximum Gasteiger partial charge on any atom is 0.337 e. The molecule has 0 atom stereocenters. The second-order valence-corrected chi connectivity index (χ2v) is 5.50. The maximum atomic E-state index is 11.5. The van der Waals surface area contributed by atoms with Crippen molar-refractivity contribution in [1.29, 1.82) is 0 Å². The van der Waals surface area contributed by atoms with Crippen molar-refractivity contribution < 1.29 is 19.5 Å². The smallest absolute Gasteiger partial charge is 0.337 e. The highest BCUT2D eigenvalue weighted by molar-refractivity contribution is 8.00. The van der Waals surface area contributed by atoms with Crippen molar-refractivity contribution in [3.05, 3.63) is 28.8 Å². The molecule has 0 aliphatic carbocycles. The van der Waals surface area contributed by atoms with Gasteiger partial charge in [-0.2, -0.15) is 0 Å². The number of carboxylic acid groups (broad SMARTS) is 1. The molecule has 0 aliphatic rings. The lowest BCUT2D eigenvalue weighted by molar-refractivity contribution is -0.117. The first-order valence-electron chi connectivity index (χ1n) is 6.17. The molecule has 6 nitrogen and oxygen atoms in total. The molecule has 0 unspecified atom stereocenters. The zero-order chi connectivity index (χ0) is 15.8. The molecular formula is C13H15ClN2O4S. The van der Waals surface area contributed by atoms with Crippen LogP contribution in [0.3, 0.4) is 0 Å². The molecule has 0 saturated carbocycles. The van der Waals surface area contributed by atoms with Gasteiger partial charge in [0.2, 0.25) is 5.91 Å². The molecule has 3 amide bonds. The summed E-state index contributed by atoms with van der Waals surface area (Å²) in [6.45, 7) is 2.39. The van der Waals surface area contributed by atoms with Gasteiger partial charge in [0.15, 0.2) is 0 Å². The van der Waals surface area contributed by atoms with Crippen LogP contribution < -0.4 is 10.6 Å². The number of carbonyl (C=O) groups is 3. The lowest BCUT2D eigenvalue weighted by Crippen LogP contribution is -2.40. The summed E-state index contributed by atoms with van der Waals surface area (Å²) < 4.78 is 0. The summed E-state index contributed by atoms with van der Waals surface area (Å²) in [5.41, 5.74) is -0.0252. The van der Waals surface area contributed by atoms with E-state index in [0.29, 0.717) is 11.4 Å². The Morgan fingerprint density at radius 3 is 2.67 bits per heavy atom. The van der Waals surface area contributed by atoms with Crippen molar-refractivity contribution in [1.82, 2.24) is 10.6 Å². The molecule has 0 radical (unpaired) electrons. The van der Waals surface area contributed by atoms with E-state index in [4.69, 9.17) is 16.7 Å². The average molecular weight is 331 g/mol. The van der Waals surface area contributed by atoms with Crippen molar-refractivity contribution in [2.45, 2.75) is 18.2 Å². The Bertz CT molecular complexity index is 551. The second-order valence-electron chi connectivity index (χ2n) is 4.04. The molecule has 1 aromatic carbocycles. The van der Waals surface area contributed by atoms with Crippen LogP contribution in [0.25, 0.3) is 0 Å². The number of hydrogen-bond acceptors (Lipinski definition) is 4. The summed E-state index contributed by atoms with van der Waals surface area (Å²) in [5, 5.41) is 13.8. The van der Waals surface area contributed by atoms with Crippen LogP contribution >= 0.6 is 23.4 Å². The van der Waals surface area contributed by atoms with Gasteiger partial charge in [0, 0.05) is 11.4 Å². The van der Waals surface area contributed by atoms with Crippen LogP contribution in [0.2, 0.25) is 5.02 Å². The number of hydrogen-bond donors (Lipinski definition) is 3. The summed E-state index contributed by atoms with van der Waals surface area (Å²) in [6.07, 6.45) is 0.777. The van der Waals surface area contributed by atoms with Crippen molar-refractivity contribution in [2.75, 3.05) is 12.3 Å². The second kappa shape index (κ2) is 8.53. The number of halogens is 1. The average Bonchev–Trinajstić information content (AvgIpc) is 2.43. The Balaban J connectivity index is 2.52. The Kier molecular flexibility index (Phi) is 7.04. The predicted molar refractivity (Wildman–Crippen MR) is 81.0 cm³/mol. The van der Waals surface area contributed by atoms with Gasteiger partial charge in [0.05, 0.1) is 16.3 Å². The van der Waals surface area contributed by atoms with Crippen molar-refractivity contribution >= 4 is 41.3 Å². The van der Waals surface area contributed by atoms with Crippen LogP contribution in [0, 0.1) is 0 Å². The number of rotatable bonds is 6. The lowest BCUT2D eigenvalue weighted by atomic mass is 10.2. The third-order valence-corrected chi connectivity index (χ3v) is 3.65. The topological polar surface area (TPSA) is 95.5 Å². The van der Waals surface area contributed by atoms with Crippen LogP contribution in [0.5, 0.6) is 0 Å². The van der Waals surface area contributed by atoms with Crippen LogP contribution in [-0.4, -0.2) is 35.3 Å². The molecular weight excluding hydrogens is 316 g/mol. The third kappa shape index (κ3) is 6.05. The van der Waals surface area contributed by atoms with E-state index in [1.807, 2.05) is 6.92 Å². The summed E-state index contributed by atoms with van der Waals surface area (Å²) in [6, 6.07) is 3.92. The quantitative estimate of drug-likeness (QED) is 0.696. The van der Waals surface area contributed by atoms with Crippen molar-refractivity contribution in [3.63, 3.8) is 0 Å². The normalized spacial score (nSPS) is 10.0. The van der Waals surface area contributed by atoms with Crippen molar-refractivity contribution in [2.24, 2.45) is 0 Å². The Hall–Kier alpha value is -1.73. The molecule has 1 aromatic rings. The molecule has 3 N–H and O–H groups in total. The Morgan fingerprint density at radius 1 is 1.33 bits per heavy atom. The monoisotopic (exact) mass is 330 g/mol. The van der Waals surface area contributed by atoms with Crippen LogP contribution in [0.4, 0.5) is 4.79 Å². The number of thioether (sulfide) groups is 1. The number of benzene rings is 1. The number of aromatic carboxylic acids is 1. The van der Waals surface area contributed by atoms with E-state index in [9.17, 15) is 14.4 Å². The molecule has 0 heterocycles. The number of carboxylic acids is 1. The van der Waals surface area contributed by atoms with Gasteiger partial charge in [0.25, 0.3) is 0 Å². The molecule has 21 heavy (non-hydrogen) atoms. The fourth-order valence-electron chi connectivity index (χ4n) is 1.35. The van der Waals surface area contributed by atoms with E-state index in [1.165, 1.54) is 12.1 Å². The molecule has 114 valence electrons. The van der Waals surface area contributed by atoms with Gasteiger partial charge < -0.3 is 10.4 Å². The lowest BCUT2D eigenvalue weighted by Gasteiger charge is -2.06. The Labute approximate surface area is 131 Å². The highest BCUT2D eigenvalue weighted by atomic mass is 35.5. The molecule has 0 aliphatic heterocycles. The van der Waals surface area contributed by atoms with Crippen LogP contribution in [0.15, 0.2) is 23.1 Å². The van der Waals surface area contributed by atoms with E-state index in [2.05, 4.69) is 10.6 Å². The molecule has 0 aromatic heterocycles. The van der Waals surface area contributed by atoms with Gasteiger partial charge in [-0.3, -0.25) is 10.1 Å². The van der Waals surface area contributed by atoms with E-state index < -0.39 is 17.9 Å². The fourth-order valence-corrected chi connectivity index (χ4v) is 2.29. The minimum atomic E-state index is -1.13. The molecule has 0 spiro atoms. The fraction of sp³-hybridized carbons (Fsp3) is 0.308. The first kappa shape index (κ1) is 17.3. The third-order valence-electron chi connectivity index (χ3n) is 2.33. The van der Waals surface area contributed by atoms with E-state index in [1.54, 1.807) is 6.07 Å². The molecule has 8 heteroatoms. The molecule has 0 saturated heterocycles. The number of imide groups is 1. The zero-order valence-electron chi connectivity index (χ0n) is 11.3. The highest BCUT2D eigenvalue weighted by Gasteiger charge is 2.11. The van der Waals surface area contributed by atoms with Gasteiger partial charge in [-0.05, 0) is 24.6 Å². The summed E-state index contributed by atoms with van der Waals surface area (Å²) >= 11 is 6.87. The highest BCUT2D eigenvalue weighted by Crippen LogP contribution is 2.24. The largest absolute Gasteiger partial charge is 0.478 e. The summed E-state index contributed by atoms with van der Waals surface area (Å²) in [4.78, 5) is 34.3. The number of urea groups is 1. The van der Waals surface area contributed by atoms with E-state index in [-0.39, 0.29) is 16.3 Å². The summed E-state index contributed by atoms with van der Waals surface area (Å²) in [7, 11) is 0. The number of nitrogens with one attached hydrogen (secondary N) is 2. The standard InChI is InChI=1S/C13H15ClN2O4S/c1-2-5-15-13(20)16-11(17)7-21-8-3-4-10(14)9(6-8)12(18)19/h3-4,6H,2,5,7H2,1H3,(H,18,19)(H2,15,16,17,20). The van der Waals surface area contributed by atoms with Gasteiger partial charge in [-0.25, -0.2) is 9.59 Å². The molecule has 1 rings (SSSR count). The van der Waals surface area contributed by atoms with E-state index >= 15 is 0 Å².